The highest BCUT2D eigenvalue weighted by Crippen LogP contribution is 2.32. The van der Waals surface area contributed by atoms with Crippen molar-refractivity contribution in [2.75, 3.05) is 16.8 Å². The minimum atomic E-state index is -0.252. The van der Waals surface area contributed by atoms with E-state index in [9.17, 15) is 4.79 Å². The van der Waals surface area contributed by atoms with Gasteiger partial charge in [-0.3, -0.25) is 4.79 Å². The number of anilines is 3. The second-order valence-corrected chi connectivity index (χ2v) is 6.56. The van der Waals surface area contributed by atoms with E-state index >= 15 is 0 Å². The number of fused-ring (bicyclic) bond motifs is 1. The molecule has 2 heterocycles. The van der Waals surface area contributed by atoms with Crippen molar-refractivity contribution in [3.63, 3.8) is 0 Å². The number of nitrogens with one attached hydrogen (secondary N) is 1. The molecule has 5 heteroatoms. The molecule has 26 heavy (non-hydrogen) atoms. The SMILES string of the molecule is Cc1ccc(NC(=O)c2cnc(N3CCc4ccccc43)cn2)c(C)c1. The van der Waals surface area contributed by atoms with Crippen LogP contribution in [0.15, 0.2) is 54.9 Å². The van der Waals surface area contributed by atoms with Gasteiger partial charge in [-0.25, -0.2) is 9.97 Å². The standard InChI is InChI=1S/C21H20N4O/c1-14-7-8-17(15(2)11-14)24-21(26)18-12-23-20(13-22-18)25-10-9-16-5-3-4-6-19(16)25/h3-8,11-13H,9-10H2,1-2H3,(H,24,26). The average molecular weight is 344 g/mol. The number of amides is 1. The molecule has 3 aromatic rings. The Balaban J connectivity index is 1.52. The molecule has 0 unspecified atom stereocenters. The zero-order chi connectivity index (χ0) is 18.1. The Bertz CT molecular complexity index is 966. The van der Waals surface area contributed by atoms with Gasteiger partial charge in [0.1, 0.15) is 5.69 Å². The molecule has 0 aliphatic carbocycles. The van der Waals surface area contributed by atoms with E-state index in [1.54, 1.807) is 6.20 Å². The molecule has 0 bridgehead atoms. The fourth-order valence-corrected chi connectivity index (χ4v) is 3.29. The van der Waals surface area contributed by atoms with Gasteiger partial charge in [0.25, 0.3) is 5.91 Å². The molecule has 4 rings (SSSR count). The van der Waals surface area contributed by atoms with Gasteiger partial charge in [-0.15, -0.1) is 0 Å². The van der Waals surface area contributed by atoms with Crippen molar-refractivity contribution >= 4 is 23.1 Å². The summed E-state index contributed by atoms with van der Waals surface area (Å²) >= 11 is 0. The van der Waals surface area contributed by atoms with Gasteiger partial charge in [-0.05, 0) is 43.5 Å². The highest BCUT2D eigenvalue weighted by Gasteiger charge is 2.21. The summed E-state index contributed by atoms with van der Waals surface area (Å²) in [4.78, 5) is 23.4. The van der Waals surface area contributed by atoms with Crippen LogP contribution in [0.25, 0.3) is 0 Å². The summed E-state index contributed by atoms with van der Waals surface area (Å²) in [5, 5.41) is 2.90. The molecule has 0 radical (unpaired) electrons. The summed E-state index contributed by atoms with van der Waals surface area (Å²) in [7, 11) is 0. The zero-order valence-electron chi connectivity index (χ0n) is 14.9. The van der Waals surface area contributed by atoms with E-state index in [1.165, 1.54) is 11.8 Å². The van der Waals surface area contributed by atoms with Gasteiger partial charge in [0, 0.05) is 17.9 Å². The topological polar surface area (TPSA) is 58.1 Å². The summed E-state index contributed by atoms with van der Waals surface area (Å²) in [5.41, 5.74) is 5.76. The number of aryl methyl sites for hydroxylation is 2. The summed E-state index contributed by atoms with van der Waals surface area (Å²) in [6, 6.07) is 14.2. The Morgan fingerprint density at radius 1 is 1.08 bits per heavy atom. The number of carbonyl (C=O) groups is 1. The van der Waals surface area contributed by atoms with Crippen LogP contribution >= 0.6 is 0 Å². The molecule has 0 saturated carbocycles. The molecule has 1 N–H and O–H groups in total. The lowest BCUT2D eigenvalue weighted by molar-refractivity contribution is 0.102. The van der Waals surface area contributed by atoms with Crippen molar-refractivity contribution in [1.29, 1.82) is 0 Å². The van der Waals surface area contributed by atoms with Crippen LogP contribution in [0.3, 0.4) is 0 Å². The first-order valence-corrected chi connectivity index (χ1v) is 8.68. The van der Waals surface area contributed by atoms with Gasteiger partial charge >= 0.3 is 0 Å². The predicted molar refractivity (Wildman–Crippen MR) is 103 cm³/mol. The van der Waals surface area contributed by atoms with Gasteiger partial charge in [0.2, 0.25) is 0 Å². The van der Waals surface area contributed by atoms with Crippen LogP contribution in [0, 0.1) is 13.8 Å². The lowest BCUT2D eigenvalue weighted by atomic mass is 10.1. The lowest BCUT2D eigenvalue weighted by Gasteiger charge is -2.17. The number of para-hydroxylation sites is 1. The van der Waals surface area contributed by atoms with Crippen molar-refractivity contribution in [2.24, 2.45) is 0 Å². The lowest BCUT2D eigenvalue weighted by Crippen LogP contribution is -2.18. The smallest absolute Gasteiger partial charge is 0.275 e. The van der Waals surface area contributed by atoms with Crippen molar-refractivity contribution in [3.8, 4) is 0 Å². The summed E-state index contributed by atoms with van der Waals surface area (Å²) in [6.07, 6.45) is 4.20. The van der Waals surface area contributed by atoms with E-state index in [2.05, 4.69) is 38.4 Å². The van der Waals surface area contributed by atoms with Gasteiger partial charge in [-0.1, -0.05) is 35.9 Å². The number of hydrogen-bond donors (Lipinski definition) is 1. The van der Waals surface area contributed by atoms with E-state index in [-0.39, 0.29) is 5.91 Å². The maximum absolute atomic E-state index is 12.5. The number of nitrogens with zero attached hydrogens (tertiary/aromatic N) is 3. The first kappa shape index (κ1) is 16.3. The van der Waals surface area contributed by atoms with Crippen LogP contribution in [0.5, 0.6) is 0 Å². The van der Waals surface area contributed by atoms with Crippen LogP contribution < -0.4 is 10.2 Å². The van der Waals surface area contributed by atoms with E-state index in [0.717, 1.165) is 41.3 Å². The molecule has 5 nitrogen and oxygen atoms in total. The monoisotopic (exact) mass is 344 g/mol. The van der Waals surface area contributed by atoms with E-state index in [1.807, 2.05) is 38.1 Å². The van der Waals surface area contributed by atoms with Gasteiger partial charge < -0.3 is 10.2 Å². The highest BCUT2D eigenvalue weighted by molar-refractivity contribution is 6.03. The zero-order valence-corrected chi connectivity index (χ0v) is 14.9. The van der Waals surface area contributed by atoms with Gasteiger partial charge in [-0.2, -0.15) is 0 Å². The Morgan fingerprint density at radius 2 is 1.92 bits per heavy atom. The molecule has 2 aromatic carbocycles. The number of hydrogen-bond acceptors (Lipinski definition) is 4. The molecule has 1 aliphatic heterocycles. The Labute approximate surface area is 152 Å². The number of aromatic nitrogens is 2. The Kier molecular flexibility index (Phi) is 4.13. The molecular weight excluding hydrogens is 324 g/mol. The first-order valence-electron chi connectivity index (χ1n) is 8.68. The third-order valence-electron chi connectivity index (χ3n) is 4.66. The molecule has 1 amide bonds. The number of rotatable bonds is 3. The Hall–Kier alpha value is -3.21. The van der Waals surface area contributed by atoms with Crippen molar-refractivity contribution in [2.45, 2.75) is 20.3 Å². The van der Waals surface area contributed by atoms with Crippen LogP contribution in [0.1, 0.15) is 27.2 Å². The minimum Gasteiger partial charge on any atom is -0.325 e. The normalized spacial score (nSPS) is 12.8. The molecule has 130 valence electrons. The summed E-state index contributed by atoms with van der Waals surface area (Å²) < 4.78 is 0. The second kappa shape index (κ2) is 6.59. The fourth-order valence-electron chi connectivity index (χ4n) is 3.29. The quantitative estimate of drug-likeness (QED) is 0.779. The van der Waals surface area contributed by atoms with Crippen molar-refractivity contribution < 1.29 is 4.79 Å². The molecular formula is C21H20N4O. The largest absolute Gasteiger partial charge is 0.325 e. The third kappa shape index (κ3) is 3.04. The molecule has 0 saturated heterocycles. The fraction of sp³-hybridized carbons (Fsp3) is 0.190. The van der Waals surface area contributed by atoms with Crippen LogP contribution in [-0.2, 0) is 6.42 Å². The first-order chi connectivity index (χ1) is 12.6. The Morgan fingerprint density at radius 3 is 2.69 bits per heavy atom. The molecule has 1 aromatic heterocycles. The maximum Gasteiger partial charge on any atom is 0.275 e. The average Bonchev–Trinajstić information content (AvgIpc) is 3.08. The maximum atomic E-state index is 12.5. The molecule has 0 spiro atoms. The summed E-state index contributed by atoms with van der Waals surface area (Å²) in [5.74, 6) is 0.510. The molecule has 0 atom stereocenters. The minimum absolute atomic E-state index is 0.252. The molecule has 0 fully saturated rings. The van der Waals surface area contributed by atoms with Gasteiger partial charge in [0.15, 0.2) is 5.82 Å². The number of carbonyl (C=O) groups excluding carboxylic acids is 1. The van der Waals surface area contributed by atoms with Crippen LogP contribution in [-0.4, -0.2) is 22.4 Å². The number of benzene rings is 2. The summed E-state index contributed by atoms with van der Waals surface area (Å²) in [6.45, 7) is 4.88. The highest BCUT2D eigenvalue weighted by atomic mass is 16.1. The van der Waals surface area contributed by atoms with E-state index in [0.29, 0.717) is 5.69 Å². The molecule has 1 aliphatic rings. The van der Waals surface area contributed by atoms with Crippen LogP contribution in [0.2, 0.25) is 0 Å². The van der Waals surface area contributed by atoms with Crippen LogP contribution in [0.4, 0.5) is 17.2 Å². The van der Waals surface area contributed by atoms with Gasteiger partial charge in [0.05, 0.1) is 12.4 Å². The predicted octanol–water partition coefficient (Wildman–Crippen LogP) is 4.04. The van der Waals surface area contributed by atoms with Crippen molar-refractivity contribution in [3.05, 3.63) is 77.2 Å². The third-order valence-corrected chi connectivity index (χ3v) is 4.66. The van der Waals surface area contributed by atoms with Crippen molar-refractivity contribution in [1.82, 2.24) is 9.97 Å². The van der Waals surface area contributed by atoms with E-state index < -0.39 is 0 Å². The van der Waals surface area contributed by atoms with E-state index in [4.69, 9.17) is 0 Å². The second-order valence-electron chi connectivity index (χ2n) is 6.56.